The molecule has 114 valence electrons. The molecule has 1 atom stereocenters. The minimum absolute atomic E-state index is 0.248. The smallest absolute Gasteiger partial charge is 0.261 e. The van der Waals surface area contributed by atoms with E-state index >= 15 is 0 Å². The summed E-state index contributed by atoms with van der Waals surface area (Å²) in [5.41, 5.74) is 1.55. The van der Waals surface area contributed by atoms with Crippen LogP contribution < -0.4 is 15.5 Å². The van der Waals surface area contributed by atoms with Crippen LogP contribution in [0.25, 0.3) is 0 Å². The lowest BCUT2D eigenvalue weighted by atomic mass is 10.1. The zero-order valence-electron chi connectivity index (χ0n) is 11.7. The summed E-state index contributed by atoms with van der Waals surface area (Å²) < 4.78 is 0. The van der Waals surface area contributed by atoms with Crippen molar-refractivity contribution in [2.24, 2.45) is 0 Å². The molecule has 0 aromatic heterocycles. The van der Waals surface area contributed by atoms with Gasteiger partial charge in [0.2, 0.25) is 0 Å². The molecule has 0 bridgehead atoms. The molecule has 0 saturated heterocycles. The molecule has 2 aliphatic heterocycles. The van der Waals surface area contributed by atoms with Crippen LogP contribution in [-0.2, 0) is 9.59 Å². The van der Waals surface area contributed by atoms with Crippen LogP contribution in [0, 0.1) is 0 Å². The second kappa shape index (κ2) is 4.82. The quantitative estimate of drug-likeness (QED) is 0.728. The van der Waals surface area contributed by atoms with E-state index in [1.807, 2.05) is 0 Å². The van der Waals surface area contributed by atoms with E-state index in [0.29, 0.717) is 22.1 Å². The van der Waals surface area contributed by atoms with Gasteiger partial charge in [0.1, 0.15) is 0 Å². The molecule has 2 N–H and O–H groups in total. The third-order valence-corrected chi connectivity index (χ3v) is 4.10. The summed E-state index contributed by atoms with van der Waals surface area (Å²) in [5.74, 6) is -1.56. The number of carbonyl (C=O) groups excluding carboxylic acids is 3. The first-order valence-corrected chi connectivity index (χ1v) is 7.28. The van der Waals surface area contributed by atoms with Crippen LogP contribution in [0.5, 0.6) is 0 Å². The standard InChI is InChI=1S/C16H10ClN3O3/c17-8-5-6-10-9(7-8)16(23)20-12-4-2-1-3-11(12)19-15(22)13(20)14(21)18-10/h1-7,13H,(H,18,21)(H,19,22). The number of nitrogens with one attached hydrogen (secondary N) is 2. The maximum absolute atomic E-state index is 13.0. The number of hydrogen-bond donors (Lipinski definition) is 2. The maximum atomic E-state index is 13.0. The van der Waals surface area contributed by atoms with E-state index in [1.54, 1.807) is 36.4 Å². The van der Waals surface area contributed by atoms with Crippen molar-refractivity contribution in [3.8, 4) is 0 Å². The second-order valence-electron chi connectivity index (χ2n) is 5.26. The van der Waals surface area contributed by atoms with E-state index in [2.05, 4.69) is 10.6 Å². The molecule has 0 radical (unpaired) electrons. The lowest BCUT2D eigenvalue weighted by Gasteiger charge is -2.33. The highest BCUT2D eigenvalue weighted by Crippen LogP contribution is 2.36. The Morgan fingerprint density at radius 3 is 2.39 bits per heavy atom. The van der Waals surface area contributed by atoms with Crippen molar-refractivity contribution in [1.82, 2.24) is 0 Å². The summed E-state index contributed by atoms with van der Waals surface area (Å²) in [4.78, 5) is 39.0. The Bertz CT molecular complexity index is 881. The molecule has 0 saturated carbocycles. The lowest BCUT2D eigenvalue weighted by molar-refractivity contribution is -0.125. The van der Waals surface area contributed by atoms with Crippen molar-refractivity contribution in [2.75, 3.05) is 15.5 Å². The van der Waals surface area contributed by atoms with Crippen molar-refractivity contribution >= 4 is 46.4 Å². The fourth-order valence-corrected chi connectivity index (χ4v) is 3.02. The van der Waals surface area contributed by atoms with Gasteiger partial charge in [-0.15, -0.1) is 0 Å². The van der Waals surface area contributed by atoms with Crippen molar-refractivity contribution in [2.45, 2.75) is 6.04 Å². The molecule has 0 spiro atoms. The minimum atomic E-state index is -1.26. The highest BCUT2D eigenvalue weighted by molar-refractivity contribution is 6.33. The number of amides is 3. The van der Waals surface area contributed by atoms with Gasteiger partial charge in [0.05, 0.1) is 22.6 Å². The Hall–Kier alpha value is -2.86. The number of rotatable bonds is 0. The summed E-state index contributed by atoms with van der Waals surface area (Å²) in [6.45, 7) is 0. The SMILES string of the molecule is O=C1Nc2ccc(Cl)cc2C(=O)N2c3ccccc3NC(=O)C12. The average molecular weight is 328 g/mol. The lowest BCUT2D eigenvalue weighted by Crippen LogP contribution is -2.55. The van der Waals surface area contributed by atoms with Gasteiger partial charge in [0.25, 0.3) is 17.7 Å². The van der Waals surface area contributed by atoms with Crippen molar-refractivity contribution in [3.63, 3.8) is 0 Å². The van der Waals surface area contributed by atoms with E-state index in [9.17, 15) is 14.4 Å². The van der Waals surface area contributed by atoms with Crippen LogP contribution >= 0.6 is 11.6 Å². The second-order valence-corrected chi connectivity index (χ2v) is 5.70. The van der Waals surface area contributed by atoms with E-state index < -0.39 is 23.8 Å². The van der Waals surface area contributed by atoms with Crippen LogP contribution in [0.4, 0.5) is 17.1 Å². The van der Waals surface area contributed by atoms with E-state index in [0.717, 1.165) is 0 Å². The fourth-order valence-electron chi connectivity index (χ4n) is 2.84. The summed E-state index contributed by atoms with van der Waals surface area (Å²) in [6.07, 6.45) is 0. The van der Waals surface area contributed by atoms with Gasteiger partial charge < -0.3 is 10.6 Å². The first-order chi connectivity index (χ1) is 11.1. The largest absolute Gasteiger partial charge is 0.323 e. The predicted molar refractivity (Wildman–Crippen MR) is 85.8 cm³/mol. The molecule has 0 aliphatic carbocycles. The van der Waals surface area contributed by atoms with Crippen LogP contribution in [0.1, 0.15) is 10.4 Å². The summed E-state index contributed by atoms with van der Waals surface area (Å²) in [6, 6.07) is 10.2. The first-order valence-electron chi connectivity index (χ1n) is 6.90. The van der Waals surface area contributed by atoms with Gasteiger partial charge in [-0.2, -0.15) is 0 Å². The zero-order valence-corrected chi connectivity index (χ0v) is 12.4. The molecule has 3 amide bonds. The summed E-state index contributed by atoms with van der Waals surface area (Å²) in [5, 5.41) is 5.65. The number of para-hydroxylation sites is 2. The molecule has 1 unspecified atom stereocenters. The maximum Gasteiger partial charge on any atom is 0.261 e. The third-order valence-electron chi connectivity index (χ3n) is 3.87. The Morgan fingerprint density at radius 2 is 1.61 bits per heavy atom. The van der Waals surface area contributed by atoms with Crippen molar-refractivity contribution < 1.29 is 14.4 Å². The molecule has 2 heterocycles. The summed E-state index contributed by atoms with van der Waals surface area (Å²) in [7, 11) is 0. The normalized spacial score (nSPS) is 19.1. The van der Waals surface area contributed by atoms with E-state index in [-0.39, 0.29) is 5.56 Å². The Labute approximate surface area is 136 Å². The van der Waals surface area contributed by atoms with Gasteiger partial charge in [-0.25, -0.2) is 0 Å². The number of nitrogens with zero attached hydrogens (tertiary/aromatic N) is 1. The fraction of sp³-hybridized carbons (Fsp3) is 0.0625. The van der Waals surface area contributed by atoms with Crippen LogP contribution in [0.15, 0.2) is 42.5 Å². The van der Waals surface area contributed by atoms with Gasteiger partial charge >= 0.3 is 0 Å². The first kappa shape index (κ1) is 13.8. The Morgan fingerprint density at radius 1 is 0.913 bits per heavy atom. The molecular formula is C16H10ClN3O3. The zero-order chi connectivity index (χ0) is 16.1. The Balaban J connectivity index is 1.96. The number of halogens is 1. The number of anilines is 3. The number of carbonyl (C=O) groups is 3. The minimum Gasteiger partial charge on any atom is -0.323 e. The van der Waals surface area contributed by atoms with Gasteiger partial charge in [-0.3, -0.25) is 19.3 Å². The molecular weight excluding hydrogens is 318 g/mol. The summed E-state index contributed by atoms with van der Waals surface area (Å²) >= 11 is 5.97. The molecule has 2 aromatic rings. The van der Waals surface area contributed by atoms with Gasteiger partial charge in [0.15, 0.2) is 6.04 Å². The van der Waals surface area contributed by atoms with Gasteiger partial charge in [0, 0.05) is 5.02 Å². The monoisotopic (exact) mass is 327 g/mol. The molecule has 6 nitrogen and oxygen atoms in total. The van der Waals surface area contributed by atoms with E-state index in [1.165, 1.54) is 11.0 Å². The van der Waals surface area contributed by atoms with Crippen LogP contribution in [0.3, 0.4) is 0 Å². The average Bonchev–Trinajstić information content (AvgIpc) is 2.64. The van der Waals surface area contributed by atoms with Crippen LogP contribution in [0.2, 0.25) is 5.02 Å². The number of fused-ring (bicyclic) bond motifs is 4. The predicted octanol–water partition coefficient (Wildman–Crippen LogP) is 2.26. The molecule has 7 heteroatoms. The number of hydrogen-bond acceptors (Lipinski definition) is 3. The van der Waals surface area contributed by atoms with Crippen molar-refractivity contribution in [3.05, 3.63) is 53.1 Å². The Kier molecular flexibility index (Phi) is 2.89. The van der Waals surface area contributed by atoms with Gasteiger partial charge in [-0.05, 0) is 30.3 Å². The topological polar surface area (TPSA) is 78.5 Å². The highest BCUT2D eigenvalue weighted by atomic mass is 35.5. The third kappa shape index (κ3) is 1.99. The van der Waals surface area contributed by atoms with E-state index in [4.69, 9.17) is 11.6 Å². The van der Waals surface area contributed by atoms with Crippen LogP contribution in [-0.4, -0.2) is 23.8 Å². The van der Waals surface area contributed by atoms with Gasteiger partial charge in [-0.1, -0.05) is 23.7 Å². The molecule has 23 heavy (non-hydrogen) atoms. The highest BCUT2D eigenvalue weighted by Gasteiger charge is 2.44. The molecule has 2 aliphatic rings. The molecule has 0 fully saturated rings. The van der Waals surface area contributed by atoms with Crippen molar-refractivity contribution in [1.29, 1.82) is 0 Å². The number of benzene rings is 2. The molecule has 4 rings (SSSR count). The molecule has 2 aromatic carbocycles.